The number of rotatable bonds is 7. The summed E-state index contributed by atoms with van der Waals surface area (Å²) in [7, 11) is 6.20. The van der Waals surface area contributed by atoms with Gasteiger partial charge in [0.1, 0.15) is 5.82 Å². The van der Waals surface area contributed by atoms with Gasteiger partial charge >= 0.3 is 0 Å². The Balaban J connectivity index is 1.99. The highest BCUT2D eigenvalue weighted by molar-refractivity contribution is 5.25. The molecule has 21 heavy (non-hydrogen) atoms. The number of nitrogens with zero attached hydrogens (tertiary/aromatic N) is 3. The van der Waals surface area contributed by atoms with E-state index in [1.54, 1.807) is 0 Å². The Morgan fingerprint density at radius 3 is 2.52 bits per heavy atom. The van der Waals surface area contributed by atoms with Gasteiger partial charge in [-0.3, -0.25) is 4.90 Å². The molecule has 1 aromatic heterocycles. The maximum absolute atomic E-state index is 4.39. The molecule has 0 saturated heterocycles. The van der Waals surface area contributed by atoms with Crippen LogP contribution in [-0.4, -0.2) is 35.1 Å². The molecule has 114 valence electrons. The van der Waals surface area contributed by atoms with E-state index in [9.17, 15) is 0 Å². The first-order chi connectivity index (χ1) is 10.1. The SMILES string of the molecule is CCc1ccc(C(CN(C)Cc2nccn2C)NC)cc1. The minimum Gasteiger partial charge on any atom is -0.337 e. The first-order valence-electron chi connectivity index (χ1n) is 7.55. The van der Waals surface area contributed by atoms with Gasteiger partial charge in [0.15, 0.2) is 0 Å². The molecule has 2 aromatic rings. The lowest BCUT2D eigenvalue weighted by molar-refractivity contribution is 0.280. The van der Waals surface area contributed by atoms with Crippen LogP contribution in [-0.2, 0) is 20.0 Å². The van der Waals surface area contributed by atoms with Crippen molar-refractivity contribution in [3.63, 3.8) is 0 Å². The Bertz CT molecular complexity index is 544. The van der Waals surface area contributed by atoms with Crippen LogP contribution in [0.2, 0.25) is 0 Å². The number of aryl methyl sites for hydroxylation is 2. The molecule has 0 spiro atoms. The number of hydrogen-bond donors (Lipinski definition) is 1. The van der Waals surface area contributed by atoms with Crippen LogP contribution >= 0.6 is 0 Å². The highest BCUT2D eigenvalue weighted by Crippen LogP contribution is 2.16. The summed E-state index contributed by atoms with van der Waals surface area (Å²) in [6.45, 7) is 3.99. The van der Waals surface area contributed by atoms with Gasteiger partial charge in [-0.05, 0) is 31.6 Å². The van der Waals surface area contributed by atoms with Crippen molar-refractivity contribution in [3.05, 3.63) is 53.6 Å². The van der Waals surface area contributed by atoms with Crippen LogP contribution in [0.5, 0.6) is 0 Å². The standard InChI is InChI=1S/C17H26N4/c1-5-14-6-8-15(9-7-14)16(18-2)12-20(3)13-17-19-10-11-21(17)4/h6-11,16,18H,5,12-13H2,1-4H3. The zero-order valence-corrected chi connectivity index (χ0v) is 13.5. The van der Waals surface area contributed by atoms with Crippen molar-refractivity contribution in [2.24, 2.45) is 7.05 Å². The molecule has 0 amide bonds. The van der Waals surface area contributed by atoms with Crippen LogP contribution in [0, 0.1) is 0 Å². The van der Waals surface area contributed by atoms with Crippen LogP contribution in [0.4, 0.5) is 0 Å². The van der Waals surface area contributed by atoms with Gasteiger partial charge < -0.3 is 9.88 Å². The Hall–Kier alpha value is -1.65. The average molecular weight is 286 g/mol. The Morgan fingerprint density at radius 2 is 2.00 bits per heavy atom. The van der Waals surface area contributed by atoms with Gasteiger partial charge in [0, 0.05) is 32.0 Å². The molecule has 0 fully saturated rings. The van der Waals surface area contributed by atoms with E-state index in [-0.39, 0.29) is 0 Å². The summed E-state index contributed by atoms with van der Waals surface area (Å²) in [5, 5.41) is 3.41. The maximum Gasteiger partial charge on any atom is 0.122 e. The molecule has 2 rings (SSSR count). The largest absolute Gasteiger partial charge is 0.337 e. The van der Waals surface area contributed by atoms with Crippen molar-refractivity contribution >= 4 is 0 Å². The first kappa shape index (κ1) is 15.7. The molecule has 1 atom stereocenters. The van der Waals surface area contributed by atoms with E-state index in [0.717, 1.165) is 25.3 Å². The van der Waals surface area contributed by atoms with Crippen molar-refractivity contribution < 1.29 is 0 Å². The van der Waals surface area contributed by atoms with Crippen molar-refractivity contribution in [1.29, 1.82) is 0 Å². The summed E-state index contributed by atoms with van der Waals surface area (Å²) >= 11 is 0. The minimum absolute atomic E-state index is 0.334. The topological polar surface area (TPSA) is 33.1 Å². The van der Waals surface area contributed by atoms with Crippen molar-refractivity contribution in [1.82, 2.24) is 19.8 Å². The van der Waals surface area contributed by atoms with Gasteiger partial charge in [-0.1, -0.05) is 31.2 Å². The molecule has 4 heteroatoms. The van der Waals surface area contributed by atoms with Gasteiger partial charge in [-0.15, -0.1) is 0 Å². The van der Waals surface area contributed by atoms with Crippen LogP contribution < -0.4 is 5.32 Å². The van der Waals surface area contributed by atoms with E-state index in [0.29, 0.717) is 6.04 Å². The molecule has 1 aromatic carbocycles. The predicted octanol–water partition coefficient (Wildman–Crippen LogP) is 2.38. The Kier molecular flexibility index (Phi) is 5.53. The second kappa shape index (κ2) is 7.38. The number of hydrogen-bond acceptors (Lipinski definition) is 3. The monoisotopic (exact) mass is 286 g/mol. The van der Waals surface area contributed by atoms with E-state index < -0.39 is 0 Å². The molecular weight excluding hydrogens is 260 g/mol. The third kappa shape index (κ3) is 4.16. The molecule has 1 unspecified atom stereocenters. The second-order valence-electron chi connectivity index (χ2n) is 5.59. The zero-order valence-electron chi connectivity index (χ0n) is 13.5. The second-order valence-corrected chi connectivity index (χ2v) is 5.59. The van der Waals surface area contributed by atoms with E-state index in [2.05, 4.69) is 58.0 Å². The molecule has 1 N–H and O–H groups in total. The van der Waals surface area contributed by atoms with E-state index in [4.69, 9.17) is 0 Å². The molecule has 4 nitrogen and oxygen atoms in total. The number of nitrogens with one attached hydrogen (secondary N) is 1. The highest BCUT2D eigenvalue weighted by Gasteiger charge is 2.13. The number of imidazole rings is 1. The molecule has 0 aliphatic heterocycles. The van der Waals surface area contributed by atoms with Crippen LogP contribution in [0.3, 0.4) is 0 Å². The van der Waals surface area contributed by atoms with E-state index in [1.807, 2.05) is 26.5 Å². The van der Waals surface area contributed by atoms with E-state index in [1.165, 1.54) is 11.1 Å². The quantitative estimate of drug-likeness (QED) is 0.848. The average Bonchev–Trinajstić information content (AvgIpc) is 2.90. The van der Waals surface area contributed by atoms with Gasteiger partial charge in [0.25, 0.3) is 0 Å². The fraction of sp³-hybridized carbons (Fsp3) is 0.471. The predicted molar refractivity (Wildman–Crippen MR) is 87.2 cm³/mol. The number of likely N-dealkylation sites (N-methyl/N-ethyl adjacent to an activating group) is 2. The van der Waals surface area contributed by atoms with Crippen LogP contribution in [0.1, 0.15) is 29.9 Å². The van der Waals surface area contributed by atoms with Gasteiger partial charge in [-0.2, -0.15) is 0 Å². The van der Waals surface area contributed by atoms with Crippen LogP contribution in [0.25, 0.3) is 0 Å². The number of aromatic nitrogens is 2. The van der Waals surface area contributed by atoms with Gasteiger partial charge in [-0.25, -0.2) is 4.98 Å². The fourth-order valence-electron chi connectivity index (χ4n) is 2.52. The van der Waals surface area contributed by atoms with Crippen molar-refractivity contribution in [2.75, 3.05) is 20.6 Å². The van der Waals surface area contributed by atoms with Gasteiger partial charge in [0.05, 0.1) is 6.54 Å². The smallest absolute Gasteiger partial charge is 0.122 e. The summed E-state index contributed by atoms with van der Waals surface area (Å²) in [5.41, 5.74) is 2.72. The van der Waals surface area contributed by atoms with Crippen LogP contribution in [0.15, 0.2) is 36.7 Å². The first-order valence-corrected chi connectivity index (χ1v) is 7.55. The Labute approximate surface area is 127 Å². The minimum atomic E-state index is 0.334. The summed E-state index contributed by atoms with van der Waals surface area (Å²) in [6, 6.07) is 9.24. The summed E-state index contributed by atoms with van der Waals surface area (Å²) in [5.74, 6) is 1.09. The molecular formula is C17H26N4. The molecule has 1 heterocycles. The summed E-state index contributed by atoms with van der Waals surface area (Å²) < 4.78 is 2.07. The molecule has 0 radical (unpaired) electrons. The van der Waals surface area contributed by atoms with Gasteiger partial charge in [0.2, 0.25) is 0 Å². The normalized spacial score (nSPS) is 12.8. The molecule has 0 bridgehead atoms. The molecule has 0 aliphatic rings. The lowest BCUT2D eigenvalue weighted by atomic mass is 10.0. The lowest BCUT2D eigenvalue weighted by Crippen LogP contribution is -2.31. The lowest BCUT2D eigenvalue weighted by Gasteiger charge is -2.24. The maximum atomic E-state index is 4.39. The summed E-state index contributed by atoms with van der Waals surface area (Å²) in [4.78, 5) is 6.69. The molecule has 0 aliphatic carbocycles. The molecule has 0 saturated carbocycles. The third-order valence-corrected chi connectivity index (χ3v) is 3.97. The van der Waals surface area contributed by atoms with Crippen molar-refractivity contribution in [2.45, 2.75) is 25.9 Å². The fourth-order valence-corrected chi connectivity index (χ4v) is 2.52. The summed E-state index contributed by atoms with van der Waals surface area (Å²) in [6.07, 6.45) is 4.92. The zero-order chi connectivity index (χ0) is 15.2. The van der Waals surface area contributed by atoms with E-state index >= 15 is 0 Å². The highest BCUT2D eigenvalue weighted by atomic mass is 15.2. The number of benzene rings is 1. The van der Waals surface area contributed by atoms with Crippen molar-refractivity contribution in [3.8, 4) is 0 Å². The Morgan fingerprint density at radius 1 is 1.29 bits per heavy atom. The third-order valence-electron chi connectivity index (χ3n) is 3.97.